The second-order valence-electron chi connectivity index (χ2n) is 4.58. The van der Waals surface area contributed by atoms with Gasteiger partial charge in [-0.05, 0) is 17.9 Å². The van der Waals surface area contributed by atoms with Crippen LogP contribution < -0.4 is 0 Å². The van der Waals surface area contributed by atoms with Crippen LogP contribution in [0.3, 0.4) is 0 Å². The smallest absolute Gasteiger partial charge is 0.259 e. The number of hydrogen-bond donors (Lipinski definition) is 1. The van der Waals surface area contributed by atoms with Gasteiger partial charge in [0.05, 0.1) is 6.10 Å². The van der Waals surface area contributed by atoms with Gasteiger partial charge in [-0.15, -0.1) is 6.42 Å². The van der Waals surface area contributed by atoms with E-state index < -0.39 is 5.79 Å². The zero-order chi connectivity index (χ0) is 14.4. The van der Waals surface area contributed by atoms with Crippen LogP contribution in [-0.2, 0) is 10.5 Å². The maximum atomic E-state index is 10.6. The molecule has 0 aliphatic carbocycles. The van der Waals surface area contributed by atoms with Crippen LogP contribution in [0.4, 0.5) is 0 Å². The van der Waals surface area contributed by atoms with Crippen molar-refractivity contribution in [2.24, 2.45) is 0 Å². The number of hydrogen-bond acceptors (Lipinski definition) is 2. The summed E-state index contributed by atoms with van der Waals surface area (Å²) in [6.45, 7) is 2.00. The van der Waals surface area contributed by atoms with E-state index >= 15 is 0 Å². The van der Waals surface area contributed by atoms with Gasteiger partial charge in [0.1, 0.15) is 0 Å². The molecule has 2 unspecified atom stereocenters. The number of ether oxygens (including phenoxy) is 1. The van der Waals surface area contributed by atoms with Crippen LogP contribution in [-0.4, -0.2) is 5.11 Å². The Morgan fingerprint density at radius 3 is 2.15 bits per heavy atom. The van der Waals surface area contributed by atoms with Gasteiger partial charge in [-0.1, -0.05) is 67.6 Å². The fraction of sp³-hybridized carbons (Fsp3) is 0.222. The highest BCUT2D eigenvalue weighted by molar-refractivity contribution is 5.28. The van der Waals surface area contributed by atoms with Crippen LogP contribution in [0.2, 0.25) is 0 Å². The van der Waals surface area contributed by atoms with Gasteiger partial charge in [0.25, 0.3) is 5.79 Å². The van der Waals surface area contributed by atoms with Crippen molar-refractivity contribution in [2.75, 3.05) is 0 Å². The molecular formula is C18H18O2. The zero-order valence-corrected chi connectivity index (χ0v) is 11.5. The lowest BCUT2D eigenvalue weighted by atomic mass is 10.0. The van der Waals surface area contributed by atoms with Gasteiger partial charge >= 0.3 is 0 Å². The normalized spacial score (nSPS) is 15.1. The minimum absolute atomic E-state index is 0.252. The highest BCUT2D eigenvalue weighted by Gasteiger charge is 2.31. The fourth-order valence-electron chi connectivity index (χ4n) is 2.11. The molecule has 102 valence electrons. The molecule has 0 aromatic heterocycles. The van der Waals surface area contributed by atoms with E-state index in [1.807, 2.05) is 55.5 Å². The summed E-state index contributed by atoms with van der Waals surface area (Å²) in [6.07, 6.45) is 5.97. The molecule has 2 heteroatoms. The van der Waals surface area contributed by atoms with E-state index in [0.717, 1.165) is 12.0 Å². The molecule has 0 bridgehead atoms. The summed E-state index contributed by atoms with van der Waals surface area (Å²) in [5.74, 6) is 0.652. The summed E-state index contributed by atoms with van der Waals surface area (Å²) in [5.41, 5.74) is 1.57. The predicted molar refractivity (Wildman–Crippen MR) is 79.7 cm³/mol. The third kappa shape index (κ3) is 3.08. The van der Waals surface area contributed by atoms with Crippen LogP contribution in [0.15, 0.2) is 60.7 Å². The number of rotatable bonds is 5. The Balaban J connectivity index is 2.28. The summed E-state index contributed by atoms with van der Waals surface area (Å²) >= 11 is 0. The monoisotopic (exact) mass is 266 g/mol. The van der Waals surface area contributed by atoms with E-state index in [-0.39, 0.29) is 6.10 Å². The van der Waals surface area contributed by atoms with Gasteiger partial charge in [0, 0.05) is 5.56 Å². The van der Waals surface area contributed by atoms with Crippen molar-refractivity contribution in [3.05, 3.63) is 71.8 Å². The van der Waals surface area contributed by atoms with Crippen molar-refractivity contribution < 1.29 is 9.84 Å². The molecule has 2 atom stereocenters. The Hall–Kier alpha value is -2.08. The van der Waals surface area contributed by atoms with Gasteiger partial charge < -0.3 is 9.84 Å². The molecule has 1 N–H and O–H groups in total. The molecule has 0 saturated carbocycles. The molecule has 0 amide bonds. The molecule has 0 aliphatic heterocycles. The summed E-state index contributed by atoms with van der Waals surface area (Å²) in [5, 5.41) is 10.6. The molecule has 0 fully saturated rings. The van der Waals surface area contributed by atoms with Gasteiger partial charge in [0.15, 0.2) is 0 Å². The zero-order valence-electron chi connectivity index (χ0n) is 11.5. The van der Waals surface area contributed by atoms with Crippen LogP contribution >= 0.6 is 0 Å². The van der Waals surface area contributed by atoms with Crippen LogP contribution in [0.25, 0.3) is 0 Å². The van der Waals surface area contributed by atoms with Crippen molar-refractivity contribution in [3.8, 4) is 12.3 Å². The molecule has 2 rings (SSSR count). The third-order valence-electron chi connectivity index (χ3n) is 3.22. The Morgan fingerprint density at radius 1 is 1.10 bits per heavy atom. The Labute approximate surface area is 120 Å². The maximum Gasteiger partial charge on any atom is 0.259 e. The van der Waals surface area contributed by atoms with Crippen LogP contribution in [0, 0.1) is 12.3 Å². The lowest BCUT2D eigenvalue weighted by Gasteiger charge is -2.28. The lowest BCUT2D eigenvalue weighted by Crippen LogP contribution is -2.29. The maximum absolute atomic E-state index is 10.6. The van der Waals surface area contributed by atoms with E-state index in [4.69, 9.17) is 11.2 Å². The SMILES string of the molecule is C#CC(O)(OC(CC)c1ccccc1)c1ccccc1. The fourth-order valence-corrected chi connectivity index (χ4v) is 2.11. The molecule has 20 heavy (non-hydrogen) atoms. The first kappa shape index (κ1) is 14.3. The van der Waals surface area contributed by atoms with E-state index in [9.17, 15) is 5.11 Å². The average molecular weight is 266 g/mol. The van der Waals surface area contributed by atoms with E-state index in [2.05, 4.69) is 5.92 Å². The second-order valence-corrected chi connectivity index (χ2v) is 4.58. The molecule has 2 aromatic carbocycles. The van der Waals surface area contributed by atoms with Crippen molar-refractivity contribution in [2.45, 2.75) is 25.2 Å². The Morgan fingerprint density at radius 2 is 1.65 bits per heavy atom. The average Bonchev–Trinajstić information content (AvgIpc) is 2.54. The standard InChI is InChI=1S/C18H18O2/c1-3-17(15-11-7-5-8-12-15)20-18(19,4-2)16-13-9-6-10-14-16/h2,5-14,17,19H,3H2,1H3. The van der Waals surface area contributed by atoms with Gasteiger partial charge in [-0.3, -0.25) is 0 Å². The molecule has 0 radical (unpaired) electrons. The van der Waals surface area contributed by atoms with Crippen LogP contribution in [0.5, 0.6) is 0 Å². The molecule has 0 saturated heterocycles. The summed E-state index contributed by atoms with van der Waals surface area (Å²) in [6, 6.07) is 18.8. The first-order valence-corrected chi connectivity index (χ1v) is 6.68. The van der Waals surface area contributed by atoms with E-state index in [1.165, 1.54) is 0 Å². The number of aliphatic hydroxyl groups is 1. The highest BCUT2D eigenvalue weighted by atomic mass is 16.6. The molecule has 0 spiro atoms. The largest absolute Gasteiger partial charge is 0.352 e. The minimum Gasteiger partial charge on any atom is -0.352 e. The number of terminal acetylenes is 1. The summed E-state index contributed by atoms with van der Waals surface area (Å²) < 4.78 is 5.83. The molecule has 2 nitrogen and oxygen atoms in total. The molecule has 2 aromatic rings. The first-order valence-electron chi connectivity index (χ1n) is 6.68. The van der Waals surface area contributed by atoms with Crippen molar-refractivity contribution in [3.63, 3.8) is 0 Å². The topological polar surface area (TPSA) is 29.5 Å². The third-order valence-corrected chi connectivity index (χ3v) is 3.22. The Bertz CT molecular complexity index is 571. The van der Waals surface area contributed by atoms with Crippen molar-refractivity contribution in [1.82, 2.24) is 0 Å². The minimum atomic E-state index is -1.71. The summed E-state index contributed by atoms with van der Waals surface area (Å²) in [4.78, 5) is 0. The van der Waals surface area contributed by atoms with Crippen molar-refractivity contribution >= 4 is 0 Å². The molecular weight excluding hydrogens is 248 g/mol. The quantitative estimate of drug-likeness (QED) is 0.661. The van der Waals surface area contributed by atoms with Crippen molar-refractivity contribution in [1.29, 1.82) is 0 Å². The lowest BCUT2D eigenvalue weighted by molar-refractivity contribution is -0.200. The van der Waals surface area contributed by atoms with Gasteiger partial charge in [0.2, 0.25) is 0 Å². The summed E-state index contributed by atoms with van der Waals surface area (Å²) in [7, 11) is 0. The Kier molecular flexibility index (Phi) is 4.57. The van der Waals surface area contributed by atoms with Gasteiger partial charge in [-0.25, -0.2) is 0 Å². The van der Waals surface area contributed by atoms with E-state index in [0.29, 0.717) is 5.56 Å². The van der Waals surface area contributed by atoms with Crippen LogP contribution in [0.1, 0.15) is 30.6 Å². The van der Waals surface area contributed by atoms with E-state index in [1.54, 1.807) is 12.1 Å². The number of benzene rings is 2. The molecule has 0 heterocycles. The molecule has 0 aliphatic rings. The van der Waals surface area contributed by atoms with Gasteiger partial charge in [-0.2, -0.15) is 0 Å². The first-order chi connectivity index (χ1) is 9.69. The second kappa shape index (κ2) is 6.38. The predicted octanol–water partition coefficient (Wildman–Crippen LogP) is 3.63. The highest BCUT2D eigenvalue weighted by Crippen LogP contribution is 2.31.